The summed E-state index contributed by atoms with van der Waals surface area (Å²) in [5.41, 5.74) is 16.5. The molecule has 0 aliphatic carbocycles. The number of hydrogen-bond acceptors (Lipinski definition) is 1. The first-order chi connectivity index (χ1) is 23.6. The smallest absolute Gasteiger partial charge is 0.332 e. The number of benzene rings is 7. The van der Waals surface area contributed by atoms with Gasteiger partial charge >= 0.3 is 6.85 Å². The summed E-state index contributed by atoms with van der Waals surface area (Å²) in [4.78, 5) is 2.54. The molecule has 0 bridgehead atoms. The zero-order chi connectivity index (χ0) is 32.0. The molecule has 8 aromatic rings. The molecule has 2 aliphatic rings. The van der Waals surface area contributed by atoms with Crippen molar-refractivity contribution in [3.63, 3.8) is 0 Å². The first-order valence-electron chi connectivity index (χ1n) is 16.9. The van der Waals surface area contributed by atoms with Crippen molar-refractivity contribution >= 4 is 56.6 Å². The first-order valence-corrected chi connectivity index (χ1v) is 16.9. The molecule has 48 heavy (non-hydrogen) atoms. The van der Waals surface area contributed by atoms with Crippen LogP contribution in [0.15, 0.2) is 164 Å². The van der Waals surface area contributed by atoms with E-state index in [1.807, 2.05) is 0 Å². The van der Waals surface area contributed by atoms with Crippen LogP contribution in [-0.4, -0.2) is 11.3 Å². The van der Waals surface area contributed by atoms with E-state index in [0.29, 0.717) is 0 Å². The molecule has 0 radical (unpaired) electrons. The fourth-order valence-electron chi connectivity index (χ4n) is 8.56. The Hall–Kier alpha value is -5.80. The molecule has 1 aromatic heterocycles. The Balaban J connectivity index is 1.33. The summed E-state index contributed by atoms with van der Waals surface area (Å²) in [6, 6.07) is 60.6. The van der Waals surface area contributed by atoms with Gasteiger partial charge in [0, 0.05) is 38.6 Å². The third-order valence-electron chi connectivity index (χ3n) is 10.8. The minimum atomic E-state index is -0.142. The summed E-state index contributed by atoms with van der Waals surface area (Å²) < 4.78 is 2.64. The van der Waals surface area contributed by atoms with Gasteiger partial charge < -0.3 is 9.38 Å². The topological polar surface area (TPSA) is 8.17 Å². The Morgan fingerprint density at radius 3 is 1.60 bits per heavy atom. The van der Waals surface area contributed by atoms with E-state index in [9.17, 15) is 0 Å². The van der Waals surface area contributed by atoms with Crippen molar-refractivity contribution in [3.05, 3.63) is 175 Å². The molecule has 0 saturated heterocycles. The van der Waals surface area contributed by atoms with Crippen molar-refractivity contribution in [1.82, 2.24) is 4.48 Å². The molecule has 2 aliphatic heterocycles. The molecule has 0 spiro atoms. The number of nitrogens with zero attached hydrogens (tertiary/aromatic N) is 2. The normalized spacial score (nSPS) is 14.1. The zero-order valence-electron chi connectivity index (χ0n) is 27.1. The average Bonchev–Trinajstić information content (AvgIpc) is 3.46. The Morgan fingerprint density at radius 1 is 0.438 bits per heavy atom. The maximum Gasteiger partial charge on any atom is 0.332 e. The minimum Gasteiger partial charge on any atom is -0.376 e. The van der Waals surface area contributed by atoms with Gasteiger partial charge in [-0.25, -0.2) is 0 Å². The van der Waals surface area contributed by atoms with Crippen LogP contribution in [-0.2, 0) is 5.41 Å². The van der Waals surface area contributed by atoms with Gasteiger partial charge in [-0.1, -0.05) is 153 Å². The number of hydrogen-bond donors (Lipinski definition) is 0. The number of aromatic nitrogens is 1. The van der Waals surface area contributed by atoms with Crippen LogP contribution < -0.4 is 15.8 Å². The summed E-state index contributed by atoms with van der Waals surface area (Å²) in [6.07, 6.45) is 0. The lowest BCUT2D eigenvalue weighted by Gasteiger charge is -2.47. The number of para-hydroxylation sites is 3. The van der Waals surface area contributed by atoms with E-state index in [-0.39, 0.29) is 12.3 Å². The molecule has 0 amide bonds. The summed E-state index contributed by atoms with van der Waals surface area (Å²) in [6.45, 7) is 4.74. The van der Waals surface area contributed by atoms with Gasteiger partial charge in [0.15, 0.2) is 0 Å². The van der Waals surface area contributed by atoms with Crippen LogP contribution in [0.4, 0.5) is 17.1 Å². The average molecular weight is 613 g/mol. The molecule has 2 nitrogen and oxygen atoms in total. The SMILES string of the molecule is CC1(C)c2ccccc2N2c3ccccc3B(n3c4cc(-c5ccccc5)ccc4c4ccc(-c5ccccc5)cc43)c3cccc1c32. The van der Waals surface area contributed by atoms with Crippen LogP contribution in [0.1, 0.15) is 25.0 Å². The monoisotopic (exact) mass is 612 g/mol. The lowest BCUT2D eigenvalue weighted by Crippen LogP contribution is -2.56. The quantitative estimate of drug-likeness (QED) is 0.180. The standard InChI is InChI=1S/C45H33BN2/c1-45(2)36-18-9-11-22-40(36)47-41-23-12-10-20-38(41)46(39-21-13-19-37(45)44(39)47)48-42-28-32(30-14-5-3-6-15-30)24-26-34(42)35-27-25-33(29-43(35)48)31-16-7-4-8-17-31/h3-29H,1-2H3. The summed E-state index contributed by atoms with van der Waals surface area (Å²) in [5, 5.41) is 2.55. The molecule has 7 aromatic carbocycles. The molecule has 10 rings (SSSR count). The summed E-state index contributed by atoms with van der Waals surface area (Å²) in [7, 11) is 0. The van der Waals surface area contributed by atoms with E-state index in [1.165, 1.54) is 83.2 Å². The number of fused-ring (bicyclic) bond motifs is 7. The predicted molar refractivity (Wildman–Crippen MR) is 204 cm³/mol. The Bertz CT molecular complexity index is 2450. The molecular formula is C45H33BN2. The van der Waals surface area contributed by atoms with Gasteiger partial charge in [0.2, 0.25) is 0 Å². The summed E-state index contributed by atoms with van der Waals surface area (Å²) >= 11 is 0. The minimum absolute atomic E-state index is 0.0227. The van der Waals surface area contributed by atoms with Gasteiger partial charge in [0.05, 0.1) is 5.69 Å². The maximum atomic E-state index is 2.64. The Labute approximate surface area is 281 Å². The van der Waals surface area contributed by atoms with Gasteiger partial charge in [-0.3, -0.25) is 0 Å². The summed E-state index contributed by atoms with van der Waals surface area (Å²) in [5.74, 6) is 0. The van der Waals surface area contributed by atoms with Gasteiger partial charge in [0.25, 0.3) is 0 Å². The highest BCUT2D eigenvalue weighted by molar-refractivity contribution is 6.88. The fourth-order valence-corrected chi connectivity index (χ4v) is 8.56. The molecule has 0 N–H and O–H groups in total. The molecular weight excluding hydrogens is 579 g/mol. The molecule has 3 heterocycles. The van der Waals surface area contributed by atoms with Crippen molar-refractivity contribution in [2.45, 2.75) is 19.3 Å². The predicted octanol–water partition coefficient (Wildman–Crippen LogP) is 10.2. The van der Waals surface area contributed by atoms with Crippen LogP contribution in [0.25, 0.3) is 44.1 Å². The molecule has 0 unspecified atom stereocenters. The van der Waals surface area contributed by atoms with Crippen LogP contribution in [0, 0.1) is 0 Å². The van der Waals surface area contributed by atoms with Gasteiger partial charge in [-0.15, -0.1) is 0 Å². The van der Waals surface area contributed by atoms with Crippen molar-refractivity contribution in [1.29, 1.82) is 0 Å². The molecule has 3 heteroatoms. The molecule has 0 saturated carbocycles. The van der Waals surface area contributed by atoms with E-state index < -0.39 is 0 Å². The first kappa shape index (κ1) is 27.3. The lowest BCUT2D eigenvalue weighted by molar-refractivity contribution is 0.632. The van der Waals surface area contributed by atoms with E-state index in [1.54, 1.807) is 0 Å². The molecule has 226 valence electrons. The van der Waals surface area contributed by atoms with Crippen molar-refractivity contribution in [2.24, 2.45) is 0 Å². The Morgan fingerprint density at radius 2 is 0.958 bits per heavy atom. The molecule has 0 fully saturated rings. The largest absolute Gasteiger partial charge is 0.376 e. The third-order valence-corrected chi connectivity index (χ3v) is 10.8. The highest BCUT2D eigenvalue weighted by Gasteiger charge is 2.45. The van der Waals surface area contributed by atoms with Crippen LogP contribution >= 0.6 is 0 Å². The van der Waals surface area contributed by atoms with Gasteiger partial charge in [-0.2, -0.15) is 0 Å². The Kier molecular flexibility index (Phi) is 5.75. The maximum absolute atomic E-state index is 2.64. The number of rotatable bonds is 3. The van der Waals surface area contributed by atoms with Crippen molar-refractivity contribution in [2.75, 3.05) is 4.90 Å². The van der Waals surface area contributed by atoms with E-state index in [4.69, 9.17) is 0 Å². The fraction of sp³-hybridized carbons (Fsp3) is 0.0667. The highest BCUT2D eigenvalue weighted by Crippen LogP contribution is 2.52. The second-order valence-electron chi connectivity index (χ2n) is 13.7. The zero-order valence-corrected chi connectivity index (χ0v) is 27.1. The van der Waals surface area contributed by atoms with Gasteiger partial charge in [-0.05, 0) is 68.6 Å². The van der Waals surface area contributed by atoms with Gasteiger partial charge in [0.1, 0.15) is 0 Å². The van der Waals surface area contributed by atoms with E-state index >= 15 is 0 Å². The highest BCUT2D eigenvalue weighted by atomic mass is 15.2. The lowest BCUT2D eigenvalue weighted by atomic mass is 9.46. The van der Waals surface area contributed by atoms with Crippen LogP contribution in [0.3, 0.4) is 0 Å². The van der Waals surface area contributed by atoms with Crippen LogP contribution in [0.5, 0.6) is 0 Å². The number of anilines is 3. The van der Waals surface area contributed by atoms with E-state index in [2.05, 4.69) is 187 Å². The van der Waals surface area contributed by atoms with Crippen LogP contribution in [0.2, 0.25) is 0 Å². The van der Waals surface area contributed by atoms with Crippen molar-refractivity contribution in [3.8, 4) is 22.3 Å². The third kappa shape index (κ3) is 3.76. The van der Waals surface area contributed by atoms with E-state index in [0.717, 1.165) is 0 Å². The molecule has 0 atom stereocenters. The second kappa shape index (κ2) is 10.1. The van der Waals surface area contributed by atoms with Crippen molar-refractivity contribution < 1.29 is 0 Å². The second-order valence-corrected chi connectivity index (χ2v) is 13.7.